The number of aromatic carboxylic acids is 1. The second kappa shape index (κ2) is 6.03. The highest BCUT2D eigenvalue weighted by atomic mass is 16.4. The molecule has 0 spiro atoms. The van der Waals surface area contributed by atoms with E-state index >= 15 is 0 Å². The maximum absolute atomic E-state index is 11.0. The average Bonchev–Trinajstić information content (AvgIpc) is 2.97. The van der Waals surface area contributed by atoms with Crippen LogP contribution < -0.4 is 0 Å². The highest BCUT2D eigenvalue weighted by molar-refractivity contribution is 5.85. The molecule has 0 atom stereocenters. The number of aryl methyl sites for hydroxylation is 1. The molecule has 1 heterocycles. The van der Waals surface area contributed by atoms with Crippen LogP contribution in [-0.2, 0) is 6.42 Å². The molecule has 0 aromatic carbocycles. The minimum Gasteiger partial charge on any atom is -0.476 e. The Morgan fingerprint density at radius 1 is 1.44 bits per heavy atom. The van der Waals surface area contributed by atoms with Gasteiger partial charge in [-0.2, -0.15) is 5.10 Å². The van der Waals surface area contributed by atoms with E-state index in [2.05, 4.69) is 12.0 Å². The molecule has 0 saturated heterocycles. The third kappa shape index (κ3) is 2.92. The summed E-state index contributed by atoms with van der Waals surface area (Å²) in [6.45, 7) is 2.18. The van der Waals surface area contributed by atoms with E-state index in [-0.39, 0.29) is 5.69 Å². The third-order valence-corrected chi connectivity index (χ3v) is 3.74. The first-order chi connectivity index (χ1) is 8.72. The molecular formula is C14H22N2O2. The van der Waals surface area contributed by atoms with Crippen LogP contribution >= 0.6 is 0 Å². The van der Waals surface area contributed by atoms with Crippen molar-refractivity contribution in [1.82, 2.24) is 9.78 Å². The predicted octanol–water partition coefficient (Wildman–Crippen LogP) is 3.43. The van der Waals surface area contributed by atoms with Gasteiger partial charge < -0.3 is 5.11 Å². The van der Waals surface area contributed by atoms with Crippen molar-refractivity contribution in [2.45, 2.75) is 64.3 Å². The molecular weight excluding hydrogens is 228 g/mol. The van der Waals surface area contributed by atoms with E-state index < -0.39 is 5.97 Å². The van der Waals surface area contributed by atoms with Gasteiger partial charge in [-0.3, -0.25) is 4.68 Å². The smallest absolute Gasteiger partial charge is 0.356 e. The van der Waals surface area contributed by atoms with E-state index in [0.717, 1.165) is 31.4 Å². The van der Waals surface area contributed by atoms with Crippen molar-refractivity contribution in [3.8, 4) is 0 Å². The summed E-state index contributed by atoms with van der Waals surface area (Å²) in [6.07, 6.45) is 9.20. The zero-order valence-electron chi connectivity index (χ0n) is 11.1. The van der Waals surface area contributed by atoms with Crippen LogP contribution in [0, 0.1) is 0 Å². The van der Waals surface area contributed by atoms with Crippen LogP contribution in [0.4, 0.5) is 0 Å². The summed E-state index contributed by atoms with van der Waals surface area (Å²) >= 11 is 0. The van der Waals surface area contributed by atoms with E-state index in [4.69, 9.17) is 5.11 Å². The Hall–Kier alpha value is -1.32. The van der Waals surface area contributed by atoms with Crippen LogP contribution in [0.3, 0.4) is 0 Å². The third-order valence-electron chi connectivity index (χ3n) is 3.74. The number of carboxylic acids is 1. The van der Waals surface area contributed by atoms with E-state index in [1.165, 1.54) is 25.7 Å². The fraction of sp³-hybridized carbons (Fsp3) is 0.714. The van der Waals surface area contributed by atoms with Crippen molar-refractivity contribution in [1.29, 1.82) is 0 Å². The molecule has 2 rings (SSSR count). The molecule has 4 nitrogen and oxygen atoms in total. The lowest BCUT2D eigenvalue weighted by Crippen LogP contribution is -2.11. The van der Waals surface area contributed by atoms with Crippen LogP contribution in [-0.4, -0.2) is 20.9 Å². The van der Waals surface area contributed by atoms with E-state index in [1.54, 1.807) is 6.07 Å². The molecule has 1 aliphatic carbocycles. The Bertz CT molecular complexity index is 406. The minimum absolute atomic E-state index is 0.202. The van der Waals surface area contributed by atoms with Gasteiger partial charge in [0.25, 0.3) is 0 Å². The summed E-state index contributed by atoms with van der Waals surface area (Å²) in [7, 11) is 0. The van der Waals surface area contributed by atoms with E-state index in [9.17, 15) is 4.79 Å². The molecule has 1 aliphatic rings. The standard InChI is InChI=1S/C14H22N2O2/c1-2-3-4-9-12-10-13(14(17)18)15-16(12)11-7-5-6-8-11/h10-11H,2-9H2,1H3,(H,17,18). The monoisotopic (exact) mass is 250 g/mol. The zero-order valence-corrected chi connectivity index (χ0v) is 11.1. The van der Waals surface area contributed by atoms with Gasteiger partial charge in [0.05, 0.1) is 6.04 Å². The topological polar surface area (TPSA) is 55.1 Å². The van der Waals surface area contributed by atoms with Crippen LogP contribution in [0.1, 0.15) is 74.1 Å². The summed E-state index contributed by atoms with van der Waals surface area (Å²) in [5, 5.41) is 13.3. The molecule has 1 aromatic rings. The van der Waals surface area contributed by atoms with Crippen LogP contribution in [0.2, 0.25) is 0 Å². The Kier molecular flexibility index (Phi) is 4.39. The van der Waals surface area contributed by atoms with Crippen LogP contribution in [0.25, 0.3) is 0 Å². The lowest BCUT2D eigenvalue weighted by molar-refractivity contribution is 0.0689. The first kappa shape index (κ1) is 13.1. The highest BCUT2D eigenvalue weighted by Gasteiger charge is 2.22. The Morgan fingerprint density at radius 2 is 2.17 bits per heavy atom. The van der Waals surface area contributed by atoms with Gasteiger partial charge >= 0.3 is 5.97 Å². The quantitative estimate of drug-likeness (QED) is 0.787. The average molecular weight is 250 g/mol. The fourth-order valence-electron chi connectivity index (χ4n) is 2.75. The molecule has 4 heteroatoms. The SMILES string of the molecule is CCCCCc1cc(C(=O)O)nn1C1CCCC1. The summed E-state index contributed by atoms with van der Waals surface area (Å²) in [6, 6.07) is 2.19. The van der Waals surface area contributed by atoms with Gasteiger partial charge in [-0.15, -0.1) is 0 Å². The Morgan fingerprint density at radius 3 is 2.78 bits per heavy atom. The zero-order chi connectivity index (χ0) is 13.0. The number of hydrogen-bond acceptors (Lipinski definition) is 2. The van der Waals surface area contributed by atoms with Gasteiger partial charge in [0.15, 0.2) is 5.69 Å². The van der Waals surface area contributed by atoms with Gasteiger partial charge in [0.2, 0.25) is 0 Å². The molecule has 1 N–H and O–H groups in total. The van der Waals surface area contributed by atoms with Crippen LogP contribution in [0.15, 0.2) is 6.07 Å². The van der Waals surface area contributed by atoms with Gasteiger partial charge in [-0.25, -0.2) is 4.79 Å². The molecule has 1 saturated carbocycles. The maximum Gasteiger partial charge on any atom is 0.356 e. The number of hydrogen-bond donors (Lipinski definition) is 1. The number of nitrogens with zero attached hydrogens (tertiary/aromatic N) is 2. The first-order valence-corrected chi connectivity index (χ1v) is 7.04. The predicted molar refractivity (Wildman–Crippen MR) is 69.9 cm³/mol. The molecule has 0 bridgehead atoms. The van der Waals surface area contributed by atoms with Gasteiger partial charge in [-0.1, -0.05) is 32.6 Å². The summed E-state index contributed by atoms with van der Waals surface area (Å²) in [5.41, 5.74) is 1.31. The second-order valence-corrected chi connectivity index (χ2v) is 5.17. The molecule has 0 aliphatic heterocycles. The lowest BCUT2D eigenvalue weighted by Gasteiger charge is -2.13. The van der Waals surface area contributed by atoms with Gasteiger partial charge in [-0.05, 0) is 31.7 Å². The molecule has 100 valence electrons. The normalized spacial score (nSPS) is 16.3. The molecule has 0 unspecified atom stereocenters. The molecule has 0 radical (unpaired) electrons. The fourth-order valence-corrected chi connectivity index (χ4v) is 2.75. The summed E-state index contributed by atoms with van der Waals surface area (Å²) < 4.78 is 1.99. The first-order valence-electron chi connectivity index (χ1n) is 7.04. The van der Waals surface area contributed by atoms with E-state index in [1.807, 2.05) is 4.68 Å². The number of carboxylic acid groups (broad SMARTS) is 1. The van der Waals surface area contributed by atoms with Crippen LogP contribution in [0.5, 0.6) is 0 Å². The number of carbonyl (C=O) groups is 1. The van der Waals surface area contributed by atoms with Crippen molar-refractivity contribution < 1.29 is 9.90 Å². The second-order valence-electron chi connectivity index (χ2n) is 5.17. The largest absolute Gasteiger partial charge is 0.476 e. The van der Waals surface area contributed by atoms with Crippen molar-refractivity contribution >= 4 is 5.97 Å². The highest BCUT2D eigenvalue weighted by Crippen LogP contribution is 2.30. The number of rotatable bonds is 6. The molecule has 0 amide bonds. The number of aromatic nitrogens is 2. The maximum atomic E-state index is 11.0. The Balaban J connectivity index is 2.15. The molecule has 18 heavy (non-hydrogen) atoms. The molecule has 1 fully saturated rings. The Labute approximate surface area is 108 Å². The number of unbranched alkanes of at least 4 members (excludes halogenated alkanes) is 2. The minimum atomic E-state index is -0.913. The summed E-state index contributed by atoms with van der Waals surface area (Å²) in [5.74, 6) is -0.913. The van der Waals surface area contributed by atoms with E-state index in [0.29, 0.717) is 6.04 Å². The van der Waals surface area contributed by atoms with Crippen molar-refractivity contribution in [2.24, 2.45) is 0 Å². The summed E-state index contributed by atoms with van der Waals surface area (Å²) in [4.78, 5) is 11.0. The lowest BCUT2D eigenvalue weighted by atomic mass is 10.1. The van der Waals surface area contributed by atoms with Crippen molar-refractivity contribution in [3.05, 3.63) is 17.5 Å². The van der Waals surface area contributed by atoms with Crippen molar-refractivity contribution in [3.63, 3.8) is 0 Å². The van der Waals surface area contributed by atoms with Crippen molar-refractivity contribution in [2.75, 3.05) is 0 Å². The van der Waals surface area contributed by atoms with Gasteiger partial charge in [0.1, 0.15) is 0 Å². The molecule has 1 aromatic heterocycles. The van der Waals surface area contributed by atoms with Gasteiger partial charge in [0, 0.05) is 5.69 Å².